The van der Waals surface area contributed by atoms with E-state index in [1.807, 2.05) is 12.1 Å². The summed E-state index contributed by atoms with van der Waals surface area (Å²) in [5.74, 6) is 0.907. The molecule has 4 N–H and O–H groups in total. The number of carbonyl (C=O) groups is 1. The topological polar surface area (TPSA) is 78.3 Å². The van der Waals surface area contributed by atoms with Gasteiger partial charge in [-0.05, 0) is 54.9 Å². The number of nitrogens with two attached hydrogens (primary N) is 2. The maximum absolute atomic E-state index is 11.6. The summed E-state index contributed by atoms with van der Waals surface area (Å²) in [6.45, 7) is 6.53. The first-order valence-corrected chi connectivity index (χ1v) is 7.16. The highest BCUT2D eigenvalue weighted by molar-refractivity contribution is 5.85. The second-order valence-corrected chi connectivity index (χ2v) is 6.14. The molecule has 4 nitrogen and oxygen atoms in total. The van der Waals surface area contributed by atoms with Crippen LogP contribution < -0.4 is 16.2 Å². The molecule has 1 aromatic carbocycles. The maximum Gasteiger partial charge on any atom is 0.241 e. The Hall–Kier alpha value is -1.55. The molecule has 0 heterocycles. The van der Waals surface area contributed by atoms with Crippen LogP contribution in [0.15, 0.2) is 18.2 Å². The molecule has 20 heavy (non-hydrogen) atoms. The quantitative estimate of drug-likeness (QED) is 0.835. The molecule has 2 rings (SSSR count). The van der Waals surface area contributed by atoms with E-state index in [1.165, 1.54) is 11.1 Å². The van der Waals surface area contributed by atoms with Gasteiger partial charge in [0.25, 0.3) is 0 Å². The Bertz CT molecular complexity index is 509. The lowest BCUT2D eigenvalue weighted by Crippen LogP contribution is -2.58. The van der Waals surface area contributed by atoms with Gasteiger partial charge in [0.05, 0.1) is 0 Å². The summed E-state index contributed by atoms with van der Waals surface area (Å²) in [4.78, 5) is 11.6. The normalized spacial score (nSPS) is 17.9. The minimum Gasteiger partial charge on any atom is -0.491 e. The molecule has 1 fully saturated rings. The lowest BCUT2D eigenvalue weighted by Gasteiger charge is -2.26. The Morgan fingerprint density at radius 3 is 2.55 bits per heavy atom. The van der Waals surface area contributed by atoms with Crippen LogP contribution >= 0.6 is 0 Å². The van der Waals surface area contributed by atoms with Crippen molar-refractivity contribution >= 4 is 5.91 Å². The second-order valence-electron chi connectivity index (χ2n) is 6.14. The van der Waals surface area contributed by atoms with Crippen LogP contribution in [0, 0.1) is 12.8 Å². The number of ether oxygens (including phenoxy) is 1. The van der Waals surface area contributed by atoms with Crippen molar-refractivity contribution in [1.82, 2.24) is 0 Å². The van der Waals surface area contributed by atoms with Crippen molar-refractivity contribution in [2.75, 3.05) is 6.61 Å². The van der Waals surface area contributed by atoms with Crippen molar-refractivity contribution in [3.05, 3.63) is 29.3 Å². The van der Waals surface area contributed by atoms with E-state index in [1.54, 1.807) is 0 Å². The third-order valence-corrected chi connectivity index (χ3v) is 4.11. The molecule has 1 atom stereocenters. The number of rotatable bonds is 6. The number of amides is 1. The van der Waals surface area contributed by atoms with E-state index in [9.17, 15) is 4.79 Å². The van der Waals surface area contributed by atoms with Crippen molar-refractivity contribution in [3.8, 4) is 5.75 Å². The molecule has 0 spiro atoms. The fraction of sp³-hybridized carbons (Fsp3) is 0.562. The van der Waals surface area contributed by atoms with Gasteiger partial charge in [-0.3, -0.25) is 4.79 Å². The van der Waals surface area contributed by atoms with Crippen molar-refractivity contribution in [2.45, 2.75) is 45.1 Å². The molecular formula is C16H24N2O2. The third kappa shape index (κ3) is 2.96. The van der Waals surface area contributed by atoms with Crippen LogP contribution in [0.25, 0.3) is 0 Å². The van der Waals surface area contributed by atoms with Gasteiger partial charge in [0, 0.05) is 0 Å². The molecule has 1 amide bonds. The Morgan fingerprint density at radius 1 is 1.45 bits per heavy atom. The maximum atomic E-state index is 11.6. The van der Waals surface area contributed by atoms with Crippen molar-refractivity contribution in [2.24, 2.45) is 17.4 Å². The molecular weight excluding hydrogens is 252 g/mol. The van der Waals surface area contributed by atoms with Gasteiger partial charge in [-0.25, -0.2) is 0 Å². The van der Waals surface area contributed by atoms with Gasteiger partial charge in [0.2, 0.25) is 5.91 Å². The number of hydrogen-bond acceptors (Lipinski definition) is 3. The van der Waals surface area contributed by atoms with Crippen LogP contribution in [-0.4, -0.2) is 18.1 Å². The molecule has 4 heteroatoms. The molecule has 0 radical (unpaired) electrons. The van der Waals surface area contributed by atoms with E-state index < -0.39 is 11.4 Å². The van der Waals surface area contributed by atoms with E-state index in [2.05, 4.69) is 26.8 Å². The molecule has 1 aromatic rings. The largest absolute Gasteiger partial charge is 0.491 e. The van der Waals surface area contributed by atoms with Gasteiger partial charge in [-0.15, -0.1) is 0 Å². The van der Waals surface area contributed by atoms with Crippen LogP contribution in [-0.2, 0) is 4.79 Å². The van der Waals surface area contributed by atoms with Crippen molar-refractivity contribution in [3.63, 3.8) is 0 Å². The number of aryl methyl sites for hydroxylation is 1. The summed E-state index contributed by atoms with van der Waals surface area (Å²) < 4.78 is 5.72. The molecule has 0 saturated heterocycles. The Balaban J connectivity index is 2.07. The summed E-state index contributed by atoms with van der Waals surface area (Å²) >= 11 is 0. The SMILES string of the molecule is Cc1cc(OCC(N)(C(N)=O)C2CC2)ccc1C(C)C. The molecule has 0 aliphatic heterocycles. The van der Waals surface area contributed by atoms with Gasteiger partial charge in [-0.1, -0.05) is 19.9 Å². The third-order valence-electron chi connectivity index (χ3n) is 4.11. The second kappa shape index (κ2) is 5.44. The summed E-state index contributed by atoms with van der Waals surface area (Å²) in [6.07, 6.45) is 1.90. The first-order valence-electron chi connectivity index (χ1n) is 7.16. The average Bonchev–Trinajstić information content (AvgIpc) is 3.19. The average molecular weight is 276 g/mol. The Labute approximate surface area is 120 Å². The van der Waals surface area contributed by atoms with Crippen LogP contribution in [0.3, 0.4) is 0 Å². The molecule has 1 aliphatic carbocycles. The lowest BCUT2D eigenvalue weighted by molar-refractivity contribution is -0.125. The summed E-state index contributed by atoms with van der Waals surface area (Å²) in [6, 6.07) is 5.98. The standard InChI is InChI=1S/C16H24N2O2/c1-10(2)14-7-6-13(8-11(14)3)20-9-16(18,15(17)19)12-4-5-12/h6-8,10,12H,4-5,9,18H2,1-3H3,(H2,17,19). The van der Waals surface area contributed by atoms with E-state index >= 15 is 0 Å². The van der Waals surface area contributed by atoms with Gasteiger partial charge in [0.1, 0.15) is 17.9 Å². The van der Waals surface area contributed by atoms with E-state index in [0.717, 1.165) is 18.6 Å². The van der Waals surface area contributed by atoms with Gasteiger partial charge in [-0.2, -0.15) is 0 Å². The van der Waals surface area contributed by atoms with Crippen molar-refractivity contribution < 1.29 is 9.53 Å². The van der Waals surface area contributed by atoms with E-state index in [4.69, 9.17) is 16.2 Å². The van der Waals surface area contributed by atoms with E-state index in [-0.39, 0.29) is 12.5 Å². The fourth-order valence-electron chi connectivity index (χ4n) is 2.58. The zero-order valence-electron chi connectivity index (χ0n) is 12.5. The van der Waals surface area contributed by atoms with Crippen molar-refractivity contribution in [1.29, 1.82) is 0 Å². The molecule has 110 valence electrons. The number of primary amides is 1. The van der Waals surface area contributed by atoms with Gasteiger partial charge >= 0.3 is 0 Å². The highest BCUT2D eigenvalue weighted by atomic mass is 16.5. The Kier molecular flexibility index (Phi) is 4.04. The molecule has 1 unspecified atom stereocenters. The van der Waals surface area contributed by atoms with E-state index in [0.29, 0.717) is 5.92 Å². The molecule has 0 aromatic heterocycles. The van der Waals surface area contributed by atoms with Gasteiger partial charge in [0.15, 0.2) is 0 Å². The number of benzene rings is 1. The summed E-state index contributed by atoms with van der Waals surface area (Å²) in [5.41, 5.74) is 13.0. The zero-order chi connectivity index (χ0) is 14.9. The molecule has 1 aliphatic rings. The number of carbonyl (C=O) groups excluding carboxylic acids is 1. The van der Waals surface area contributed by atoms with Crippen LogP contribution in [0.1, 0.15) is 43.7 Å². The highest BCUT2D eigenvalue weighted by Crippen LogP contribution is 2.38. The Morgan fingerprint density at radius 2 is 2.10 bits per heavy atom. The smallest absolute Gasteiger partial charge is 0.241 e. The molecule has 0 bridgehead atoms. The minimum atomic E-state index is -1.04. The fourth-order valence-corrected chi connectivity index (χ4v) is 2.58. The predicted octanol–water partition coefficient (Wildman–Crippen LogP) is 2.09. The summed E-state index contributed by atoms with van der Waals surface area (Å²) in [7, 11) is 0. The first kappa shape index (κ1) is 14.9. The molecule has 1 saturated carbocycles. The predicted molar refractivity (Wildman–Crippen MR) is 79.6 cm³/mol. The zero-order valence-corrected chi connectivity index (χ0v) is 12.5. The minimum absolute atomic E-state index is 0.146. The summed E-state index contributed by atoms with van der Waals surface area (Å²) in [5, 5.41) is 0. The van der Waals surface area contributed by atoms with Crippen LogP contribution in [0.5, 0.6) is 5.75 Å². The lowest BCUT2D eigenvalue weighted by atomic mass is 9.95. The monoisotopic (exact) mass is 276 g/mol. The highest BCUT2D eigenvalue weighted by Gasteiger charge is 2.47. The van der Waals surface area contributed by atoms with Crippen LogP contribution in [0.4, 0.5) is 0 Å². The van der Waals surface area contributed by atoms with Gasteiger partial charge < -0.3 is 16.2 Å². The first-order chi connectivity index (χ1) is 9.34. The van der Waals surface area contributed by atoms with Crippen LogP contribution in [0.2, 0.25) is 0 Å². The number of hydrogen-bond donors (Lipinski definition) is 2.